The van der Waals surface area contributed by atoms with Crippen molar-refractivity contribution in [3.63, 3.8) is 0 Å². The van der Waals surface area contributed by atoms with Crippen LogP contribution < -0.4 is 10.5 Å². The Labute approximate surface area is 285 Å². The van der Waals surface area contributed by atoms with Gasteiger partial charge in [0.05, 0.1) is 25.8 Å². The molecule has 3 saturated heterocycles. The van der Waals surface area contributed by atoms with Gasteiger partial charge in [-0.05, 0) is 51.0 Å². The van der Waals surface area contributed by atoms with E-state index < -0.39 is 11.4 Å². The van der Waals surface area contributed by atoms with Gasteiger partial charge in [0.25, 0.3) is 5.91 Å². The Morgan fingerprint density at radius 1 is 1.10 bits per heavy atom. The number of anilines is 1. The van der Waals surface area contributed by atoms with E-state index in [1.54, 1.807) is 41.6 Å². The number of para-hydroxylation sites is 1. The predicted molar refractivity (Wildman–Crippen MR) is 184 cm³/mol. The predicted octanol–water partition coefficient (Wildman–Crippen LogP) is 5.21. The molecule has 3 fully saturated rings. The fourth-order valence-electron chi connectivity index (χ4n) is 7.14. The third kappa shape index (κ3) is 6.62. The summed E-state index contributed by atoms with van der Waals surface area (Å²) in [5.74, 6) is 0.925. The maximum absolute atomic E-state index is 15.7. The number of nitrogens with two attached hydrogens (primary N) is 1. The minimum Gasteiger partial charge on any atom is -0.457 e. The number of rotatable bonds is 8. The van der Waals surface area contributed by atoms with Crippen molar-refractivity contribution >= 4 is 17.2 Å². The van der Waals surface area contributed by atoms with Crippen LogP contribution in [0.2, 0.25) is 0 Å². The van der Waals surface area contributed by atoms with E-state index in [4.69, 9.17) is 26.8 Å². The molecule has 2 aromatic carbocycles. The van der Waals surface area contributed by atoms with Crippen LogP contribution in [-0.4, -0.2) is 99.0 Å². The zero-order valence-electron chi connectivity index (χ0n) is 27.9. The zero-order chi connectivity index (χ0) is 34.1. The highest BCUT2D eigenvalue weighted by atomic mass is 19.1. The van der Waals surface area contributed by atoms with Crippen molar-refractivity contribution in [1.29, 1.82) is 0 Å². The number of fused-ring (bicyclic) bond motifs is 1. The molecule has 49 heavy (non-hydrogen) atoms. The number of hydrogen-bond donors (Lipinski definition) is 1. The molecule has 1 amide bonds. The van der Waals surface area contributed by atoms with E-state index in [0.717, 1.165) is 52.2 Å². The maximum atomic E-state index is 15.7. The number of halogens is 1. The summed E-state index contributed by atoms with van der Waals surface area (Å²) in [6.07, 6.45) is 6.71. The lowest BCUT2D eigenvalue weighted by Crippen LogP contribution is -2.59. The van der Waals surface area contributed by atoms with Gasteiger partial charge in [0.2, 0.25) is 5.70 Å². The van der Waals surface area contributed by atoms with Crippen LogP contribution in [0.15, 0.2) is 72.7 Å². The van der Waals surface area contributed by atoms with E-state index in [2.05, 4.69) is 33.5 Å². The summed E-state index contributed by atoms with van der Waals surface area (Å²) in [4.78, 5) is 33.4. The summed E-state index contributed by atoms with van der Waals surface area (Å²) < 4.78 is 28.8. The Balaban J connectivity index is 1.11. The number of aromatic nitrogens is 3. The minimum absolute atomic E-state index is 0.127. The number of ether oxygens (including phenoxy) is 2. The average molecular weight is 665 g/mol. The number of piperidine rings is 1. The van der Waals surface area contributed by atoms with E-state index in [0.29, 0.717) is 47.7 Å². The Morgan fingerprint density at radius 2 is 1.88 bits per heavy atom. The first-order valence-electron chi connectivity index (χ1n) is 16.8. The number of carbonyl (C=O) groups is 1. The third-order valence-corrected chi connectivity index (χ3v) is 9.95. The van der Waals surface area contributed by atoms with Crippen molar-refractivity contribution in [2.75, 3.05) is 58.2 Å². The second-order valence-electron chi connectivity index (χ2n) is 13.5. The fourth-order valence-corrected chi connectivity index (χ4v) is 7.14. The van der Waals surface area contributed by atoms with Gasteiger partial charge in [0.1, 0.15) is 40.2 Å². The van der Waals surface area contributed by atoms with Gasteiger partial charge in [0.15, 0.2) is 0 Å². The summed E-state index contributed by atoms with van der Waals surface area (Å²) in [6, 6.07) is 14.4. The lowest BCUT2D eigenvalue weighted by atomic mass is 9.96. The molecule has 0 saturated carbocycles. The average Bonchev–Trinajstić information content (AvgIpc) is 3.48. The van der Waals surface area contributed by atoms with Crippen molar-refractivity contribution in [3.05, 3.63) is 95.8 Å². The number of amides is 1. The first kappa shape index (κ1) is 32.7. The molecule has 254 valence electrons. The summed E-state index contributed by atoms with van der Waals surface area (Å²) in [6.45, 7) is 18.2. The van der Waals surface area contributed by atoms with E-state index >= 15 is 4.39 Å². The standard InChI is InChI=1S/C37H41FN8O3/c1-37(2,45-18-16-43(17-19-45)26-23-48-24-26)21-31(40-3)36(47)44-14-7-8-25(22-44)35-42-32(33-34(39)41-13-15-46(33)35)29-12-11-28(20-30(29)38)49-27-9-5-4-6-10-27/h4-6,9-13,15,20-21,25-26H,7-8,14,16-19,22-24H2,1-2H3,(H2,39,41)/t25-/m1/s1. The molecule has 2 aromatic heterocycles. The van der Waals surface area contributed by atoms with Crippen molar-refractivity contribution < 1.29 is 18.7 Å². The first-order valence-corrected chi connectivity index (χ1v) is 16.8. The van der Waals surface area contributed by atoms with Gasteiger partial charge >= 0.3 is 0 Å². The zero-order valence-corrected chi connectivity index (χ0v) is 27.9. The monoisotopic (exact) mass is 664 g/mol. The molecule has 0 radical (unpaired) electrons. The Kier molecular flexibility index (Phi) is 9.07. The molecule has 5 heterocycles. The SMILES string of the molecule is [C-]#[N+]C(=CC(C)(C)N1CCN(C2COC2)CC1)C(=O)N1CCC[C@@H](c2nc(-c3ccc(Oc4ccccc4)cc3F)c3c(N)nccn23)C1. The first-order chi connectivity index (χ1) is 23.7. The van der Waals surface area contributed by atoms with Gasteiger partial charge in [-0.25, -0.2) is 19.2 Å². The van der Waals surface area contributed by atoms with Gasteiger partial charge in [0, 0.05) is 74.7 Å². The lowest BCUT2D eigenvalue weighted by molar-refractivity contribution is -0.128. The van der Waals surface area contributed by atoms with Crippen LogP contribution in [0, 0.1) is 12.4 Å². The summed E-state index contributed by atoms with van der Waals surface area (Å²) >= 11 is 0. The van der Waals surface area contributed by atoms with Crippen molar-refractivity contribution in [1.82, 2.24) is 29.1 Å². The normalized spacial score (nSPS) is 19.8. The second kappa shape index (κ2) is 13.6. The van der Waals surface area contributed by atoms with E-state index in [9.17, 15) is 4.79 Å². The minimum atomic E-state index is -0.503. The van der Waals surface area contributed by atoms with Gasteiger partial charge in [-0.3, -0.25) is 19.0 Å². The topological polar surface area (TPSA) is 106 Å². The largest absolute Gasteiger partial charge is 0.457 e. The molecule has 4 aromatic rings. The highest BCUT2D eigenvalue weighted by molar-refractivity contribution is 5.95. The van der Waals surface area contributed by atoms with Crippen LogP contribution in [0.1, 0.15) is 38.4 Å². The molecule has 1 atom stereocenters. The second-order valence-corrected chi connectivity index (χ2v) is 13.5. The Morgan fingerprint density at radius 3 is 2.57 bits per heavy atom. The summed E-state index contributed by atoms with van der Waals surface area (Å²) in [5.41, 5.74) is 7.19. The molecule has 0 aliphatic carbocycles. The van der Waals surface area contributed by atoms with Gasteiger partial charge < -0.3 is 20.1 Å². The Bertz CT molecular complexity index is 1910. The van der Waals surface area contributed by atoms with Gasteiger partial charge in [-0.1, -0.05) is 24.3 Å². The van der Waals surface area contributed by atoms with Gasteiger partial charge in [-0.2, -0.15) is 0 Å². The molecule has 0 unspecified atom stereocenters. The summed E-state index contributed by atoms with van der Waals surface area (Å²) in [5, 5.41) is 0. The van der Waals surface area contributed by atoms with Crippen LogP contribution in [-0.2, 0) is 9.53 Å². The van der Waals surface area contributed by atoms with Crippen LogP contribution in [0.4, 0.5) is 10.2 Å². The van der Waals surface area contributed by atoms with Crippen molar-refractivity contribution in [3.8, 4) is 22.8 Å². The van der Waals surface area contributed by atoms with Crippen LogP contribution in [0.5, 0.6) is 11.5 Å². The van der Waals surface area contributed by atoms with E-state index in [-0.39, 0.29) is 28.9 Å². The van der Waals surface area contributed by atoms with Crippen molar-refractivity contribution in [2.24, 2.45) is 0 Å². The highest BCUT2D eigenvalue weighted by Gasteiger charge is 2.36. The number of nitrogens with zero attached hydrogens (tertiary/aromatic N) is 7. The van der Waals surface area contributed by atoms with Crippen LogP contribution >= 0.6 is 0 Å². The molecule has 0 spiro atoms. The molecule has 3 aliphatic rings. The summed E-state index contributed by atoms with van der Waals surface area (Å²) in [7, 11) is 0. The maximum Gasteiger partial charge on any atom is 0.252 e. The number of carbonyl (C=O) groups excluding carboxylic acids is 1. The molecule has 7 rings (SSSR count). The molecular weight excluding hydrogens is 623 g/mol. The smallest absolute Gasteiger partial charge is 0.252 e. The van der Waals surface area contributed by atoms with E-state index in [1.165, 1.54) is 6.07 Å². The number of hydrogen-bond acceptors (Lipinski definition) is 8. The lowest BCUT2D eigenvalue weighted by Gasteiger charge is -2.47. The molecule has 12 heteroatoms. The molecular formula is C37H41FN8O3. The van der Waals surface area contributed by atoms with Gasteiger partial charge in [-0.15, -0.1) is 0 Å². The molecule has 0 bridgehead atoms. The number of likely N-dealkylation sites (tertiary alicyclic amines) is 1. The Hall–Kier alpha value is -4.83. The highest BCUT2D eigenvalue weighted by Crippen LogP contribution is 2.37. The third-order valence-electron chi connectivity index (χ3n) is 9.95. The van der Waals surface area contributed by atoms with Crippen LogP contribution in [0.3, 0.4) is 0 Å². The van der Waals surface area contributed by atoms with Crippen molar-refractivity contribution in [2.45, 2.75) is 44.2 Å². The van der Waals surface area contributed by atoms with E-state index in [1.807, 2.05) is 28.7 Å². The molecule has 11 nitrogen and oxygen atoms in total. The number of benzene rings is 2. The molecule has 2 N–H and O–H groups in total. The number of imidazole rings is 1. The molecule has 3 aliphatic heterocycles. The number of nitrogen functional groups attached to an aromatic ring is 1. The fraction of sp³-hybridized carbons (Fsp3) is 0.405. The quantitative estimate of drug-likeness (QED) is 0.202. The van der Waals surface area contributed by atoms with Crippen LogP contribution in [0.25, 0.3) is 21.6 Å². The number of piperazine rings is 1.